The lowest BCUT2D eigenvalue weighted by Crippen LogP contribution is -2.12. The van der Waals surface area contributed by atoms with E-state index in [1.807, 2.05) is 0 Å². The molecule has 0 unspecified atom stereocenters. The lowest BCUT2D eigenvalue weighted by molar-refractivity contribution is -0.385. The molecule has 0 bridgehead atoms. The Morgan fingerprint density at radius 3 is 2.67 bits per heavy atom. The number of esters is 1. The molecule has 0 aliphatic rings. The molecule has 0 atom stereocenters. The molecule has 0 aliphatic carbocycles. The van der Waals surface area contributed by atoms with Crippen molar-refractivity contribution in [2.45, 2.75) is 12.8 Å². The van der Waals surface area contributed by atoms with E-state index in [-0.39, 0.29) is 17.7 Å². The monoisotopic (exact) mass is 271 g/mol. The molecule has 0 aliphatic heterocycles. The van der Waals surface area contributed by atoms with Crippen LogP contribution in [0.2, 0.25) is 5.02 Å². The first-order valence-corrected chi connectivity index (χ1v) is 5.33. The maximum atomic E-state index is 11.5. The smallest absolute Gasteiger partial charge is 0.313 e. The summed E-state index contributed by atoms with van der Waals surface area (Å²) in [5.74, 6) is -1.14. The van der Waals surface area contributed by atoms with Crippen molar-refractivity contribution in [1.82, 2.24) is 0 Å². The highest BCUT2D eigenvalue weighted by Crippen LogP contribution is 2.23. The number of nitro groups is 1. The van der Waals surface area contributed by atoms with Gasteiger partial charge < -0.3 is 4.74 Å². The van der Waals surface area contributed by atoms with E-state index in [1.165, 1.54) is 18.2 Å². The van der Waals surface area contributed by atoms with Crippen LogP contribution in [0.5, 0.6) is 0 Å². The third kappa shape index (κ3) is 3.81. The van der Waals surface area contributed by atoms with Gasteiger partial charge >= 0.3 is 5.97 Å². The maximum Gasteiger partial charge on any atom is 0.313 e. The van der Waals surface area contributed by atoms with Crippen LogP contribution in [0.4, 0.5) is 5.69 Å². The Bertz CT molecular complexity index is 500. The Morgan fingerprint density at radius 2 is 2.11 bits per heavy atom. The third-order valence-electron chi connectivity index (χ3n) is 2.20. The number of Topliss-reactive ketones (excluding diaryl/α,β-unsaturated/α-hetero) is 1. The molecule has 0 aromatic heterocycles. The van der Waals surface area contributed by atoms with Gasteiger partial charge in [-0.2, -0.15) is 0 Å². The Balaban J connectivity index is 2.89. The molecule has 0 amide bonds. The number of halogens is 1. The zero-order chi connectivity index (χ0) is 13.7. The van der Waals surface area contributed by atoms with Gasteiger partial charge in [0.2, 0.25) is 0 Å². The van der Waals surface area contributed by atoms with E-state index in [2.05, 4.69) is 4.74 Å². The second-order valence-electron chi connectivity index (χ2n) is 3.50. The number of hydrogen-bond donors (Lipinski definition) is 0. The molecule has 0 spiro atoms. The molecule has 96 valence electrons. The van der Waals surface area contributed by atoms with Crippen molar-refractivity contribution < 1.29 is 19.2 Å². The minimum absolute atomic E-state index is 0.182. The predicted molar refractivity (Wildman–Crippen MR) is 63.5 cm³/mol. The van der Waals surface area contributed by atoms with Crippen molar-refractivity contribution in [3.63, 3.8) is 0 Å². The van der Waals surface area contributed by atoms with E-state index in [0.717, 1.165) is 7.11 Å². The SMILES string of the molecule is COC(=O)CC(=O)Cc1cc(Cl)ccc1[N+](=O)[O-]. The second-order valence-corrected chi connectivity index (χ2v) is 3.93. The summed E-state index contributed by atoms with van der Waals surface area (Å²) >= 11 is 5.71. The van der Waals surface area contributed by atoms with Crippen molar-refractivity contribution >= 4 is 29.0 Å². The van der Waals surface area contributed by atoms with Crippen LogP contribution in [0.1, 0.15) is 12.0 Å². The summed E-state index contributed by atoms with van der Waals surface area (Å²) in [6, 6.07) is 3.94. The predicted octanol–water partition coefficient (Wildman–Crippen LogP) is 1.92. The van der Waals surface area contributed by atoms with Crippen molar-refractivity contribution in [3.8, 4) is 0 Å². The molecule has 18 heavy (non-hydrogen) atoms. The van der Waals surface area contributed by atoms with Gasteiger partial charge in [0.15, 0.2) is 0 Å². The summed E-state index contributed by atoms with van der Waals surface area (Å²) in [4.78, 5) is 32.5. The molecule has 6 nitrogen and oxygen atoms in total. The van der Waals surface area contributed by atoms with E-state index in [4.69, 9.17) is 11.6 Å². The summed E-state index contributed by atoms with van der Waals surface area (Å²) in [5, 5.41) is 11.0. The summed E-state index contributed by atoms with van der Waals surface area (Å²) in [7, 11) is 1.16. The minimum Gasteiger partial charge on any atom is -0.469 e. The molecule has 0 radical (unpaired) electrons. The molecule has 0 saturated carbocycles. The van der Waals surface area contributed by atoms with Crippen LogP contribution in [0.15, 0.2) is 18.2 Å². The van der Waals surface area contributed by atoms with Crippen LogP contribution in [0, 0.1) is 10.1 Å². The van der Waals surface area contributed by atoms with E-state index >= 15 is 0 Å². The summed E-state index contributed by atoms with van der Waals surface area (Å²) in [5.41, 5.74) is -0.0148. The first-order chi connectivity index (χ1) is 8.43. The molecule has 7 heteroatoms. The molecule has 1 aromatic carbocycles. The minimum atomic E-state index is -0.676. The van der Waals surface area contributed by atoms with Gasteiger partial charge in [-0.15, -0.1) is 0 Å². The summed E-state index contributed by atoms with van der Waals surface area (Å²) < 4.78 is 4.34. The van der Waals surface area contributed by atoms with Crippen LogP contribution in [0.25, 0.3) is 0 Å². The normalized spacial score (nSPS) is 9.89. The topological polar surface area (TPSA) is 86.5 Å². The van der Waals surface area contributed by atoms with Crippen LogP contribution in [0.3, 0.4) is 0 Å². The van der Waals surface area contributed by atoms with Gasteiger partial charge in [-0.3, -0.25) is 19.7 Å². The van der Waals surface area contributed by atoms with Crippen molar-refractivity contribution in [3.05, 3.63) is 38.9 Å². The third-order valence-corrected chi connectivity index (χ3v) is 2.43. The second kappa shape index (κ2) is 6.11. The van der Waals surface area contributed by atoms with Gasteiger partial charge in [-0.05, 0) is 12.1 Å². The first-order valence-electron chi connectivity index (χ1n) is 4.95. The standard InChI is InChI=1S/C11H10ClNO5/c1-18-11(15)6-9(14)5-7-4-8(12)2-3-10(7)13(16)17/h2-4H,5-6H2,1H3. The number of nitro benzene ring substituents is 1. The molecule has 0 fully saturated rings. The molecular weight excluding hydrogens is 262 g/mol. The zero-order valence-electron chi connectivity index (χ0n) is 9.51. The number of ketones is 1. The largest absolute Gasteiger partial charge is 0.469 e. The fourth-order valence-corrected chi connectivity index (χ4v) is 1.58. The van der Waals surface area contributed by atoms with Crippen LogP contribution in [-0.4, -0.2) is 23.8 Å². The number of carbonyl (C=O) groups is 2. The quantitative estimate of drug-likeness (QED) is 0.353. The Hall–Kier alpha value is -1.95. The van der Waals surface area contributed by atoms with Crippen molar-refractivity contribution in [1.29, 1.82) is 0 Å². The Labute approximate surface area is 108 Å². The van der Waals surface area contributed by atoms with E-state index in [1.54, 1.807) is 0 Å². The summed E-state index contributed by atoms with van der Waals surface area (Å²) in [6.45, 7) is 0. The van der Waals surface area contributed by atoms with Gasteiger partial charge in [0, 0.05) is 23.1 Å². The van der Waals surface area contributed by atoms with E-state index in [0.29, 0.717) is 5.02 Å². The molecule has 0 saturated heterocycles. The molecule has 1 aromatic rings. The number of carbonyl (C=O) groups excluding carboxylic acids is 2. The maximum absolute atomic E-state index is 11.5. The van der Waals surface area contributed by atoms with E-state index in [9.17, 15) is 19.7 Å². The fraction of sp³-hybridized carbons (Fsp3) is 0.273. The fourth-order valence-electron chi connectivity index (χ4n) is 1.38. The molecular formula is C11H10ClNO5. The average molecular weight is 272 g/mol. The highest BCUT2D eigenvalue weighted by molar-refractivity contribution is 6.30. The highest BCUT2D eigenvalue weighted by atomic mass is 35.5. The van der Waals surface area contributed by atoms with Crippen LogP contribution in [-0.2, 0) is 20.7 Å². The number of rotatable bonds is 5. The molecule has 1 rings (SSSR count). The number of ether oxygens (including phenoxy) is 1. The molecule has 0 heterocycles. The number of benzene rings is 1. The van der Waals surface area contributed by atoms with Gasteiger partial charge in [0.05, 0.1) is 12.0 Å². The number of hydrogen-bond acceptors (Lipinski definition) is 5. The Morgan fingerprint density at radius 1 is 1.44 bits per heavy atom. The summed E-state index contributed by atoms with van der Waals surface area (Å²) in [6.07, 6.45) is -0.647. The van der Waals surface area contributed by atoms with Gasteiger partial charge in [0.25, 0.3) is 5.69 Å². The van der Waals surface area contributed by atoms with Gasteiger partial charge in [0.1, 0.15) is 12.2 Å². The lowest BCUT2D eigenvalue weighted by Gasteiger charge is -2.03. The average Bonchev–Trinajstić information content (AvgIpc) is 2.28. The van der Waals surface area contributed by atoms with Crippen molar-refractivity contribution in [2.75, 3.05) is 7.11 Å². The Kier molecular flexibility index (Phi) is 4.79. The van der Waals surface area contributed by atoms with Crippen LogP contribution >= 0.6 is 11.6 Å². The number of nitrogens with zero attached hydrogens (tertiary/aromatic N) is 1. The number of methoxy groups -OCH3 is 1. The van der Waals surface area contributed by atoms with Gasteiger partial charge in [-0.1, -0.05) is 11.6 Å². The van der Waals surface area contributed by atoms with Gasteiger partial charge in [-0.25, -0.2) is 0 Å². The zero-order valence-corrected chi connectivity index (χ0v) is 10.3. The van der Waals surface area contributed by atoms with Crippen LogP contribution < -0.4 is 0 Å². The lowest BCUT2D eigenvalue weighted by atomic mass is 10.1. The van der Waals surface area contributed by atoms with E-state index < -0.39 is 23.1 Å². The highest BCUT2D eigenvalue weighted by Gasteiger charge is 2.18. The first kappa shape index (κ1) is 14.1. The van der Waals surface area contributed by atoms with Crippen molar-refractivity contribution in [2.24, 2.45) is 0 Å². The molecule has 0 N–H and O–H groups in total.